The molecule has 0 heterocycles. The molecule has 0 unspecified atom stereocenters. The Kier molecular flexibility index (Phi) is 4.77. The van der Waals surface area contributed by atoms with Gasteiger partial charge in [-0.05, 0) is 58.2 Å². The summed E-state index contributed by atoms with van der Waals surface area (Å²) in [7, 11) is 1.67. The van der Waals surface area contributed by atoms with Gasteiger partial charge in [-0.25, -0.2) is 0 Å². The van der Waals surface area contributed by atoms with Crippen LogP contribution in [0.2, 0.25) is 0 Å². The van der Waals surface area contributed by atoms with E-state index in [0.717, 1.165) is 26.6 Å². The highest BCUT2D eigenvalue weighted by Gasteiger charge is 2.04. The van der Waals surface area contributed by atoms with Gasteiger partial charge in [0, 0.05) is 16.3 Å². The molecule has 2 rings (SSSR count). The number of hydrogen-bond acceptors (Lipinski definition) is 3. The van der Waals surface area contributed by atoms with Gasteiger partial charge >= 0.3 is 0 Å². The Balaban J connectivity index is 2.08. The fraction of sp³-hybridized carbons (Fsp3) is 0.200. The first-order chi connectivity index (χ1) is 9.10. The lowest BCUT2D eigenvalue weighted by Gasteiger charge is -2.08. The van der Waals surface area contributed by atoms with E-state index in [-0.39, 0.29) is 0 Å². The molecule has 0 saturated carbocycles. The van der Waals surface area contributed by atoms with Crippen LogP contribution in [0, 0.1) is 6.92 Å². The van der Waals surface area contributed by atoms with Crippen LogP contribution < -0.4 is 10.5 Å². The molecule has 2 N–H and O–H groups in total. The normalized spacial score (nSPS) is 10.5. The van der Waals surface area contributed by atoms with E-state index in [2.05, 4.69) is 40.2 Å². The van der Waals surface area contributed by atoms with Crippen LogP contribution >= 0.6 is 27.7 Å². The Hall–Kier alpha value is -1.13. The largest absolute Gasteiger partial charge is 0.496 e. The first-order valence-electron chi connectivity index (χ1n) is 5.91. The van der Waals surface area contributed by atoms with Crippen molar-refractivity contribution in [1.82, 2.24) is 0 Å². The quantitative estimate of drug-likeness (QED) is 0.651. The van der Waals surface area contributed by atoms with Gasteiger partial charge in [-0.3, -0.25) is 0 Å². The predicted molar refractivity (Wildman–Crippen MR) is 85.8 cm³/mol. The van der Waals surface area contributed by atoms with Gasteiger partial charge in [0.15, 0.2) is 0 Å². The molecule has 0 radical (unpaired) electrons. The second-order valence-corrected chi connectivity index (χ2v) is 6.17. The third-order valence-electron chi connectivity index (χ3n) is 2.78. The molecule has 0 aromatic heterocycles. The Labute approximate surface area is 126 Å². The minimum absolute atomic E-state index is 0.845. The third kappa shape index (κ3) is 3.67. The Bertz CT molecular complexity index is 586. The van der Waals surface area contributed by atoms with Crippen molar-refractivity contribution in [3.8, 4) is 5.75 Å². The Morgan fingerprint density at radius 1 is 1.21 bits per heavy atom. The highest BCUT2D eigenvalue weighted by molar-refractivity contribution is 9.10. The summed E-state index contributed by atoms with van der Waals surface area (Å²) in [6.45, 7) is 2.05. The molecule has 0 fully saturated rings. The van der Waals surface area contributed by atoms with Crippen molar-refractivity contribution in [2.45, 2.75) is 17.6 Å². The lowest BCUT2D eigenvalue weighted by molar-refractivity contribution is 0.412. The van der Waals surface area contributed by atoms with Gasteiger partial charge in [0.1, 0.15) is 5.75 Å². The molecular formula is C15H16BrNOS. The minimum Gasteiger partial charge on any atom is -0.496 e. The Morgan fingerprint density at radius 3 is 2.63 bits per heavy atom. The number of halogens is 1. The number of hydrogen-bond donors (Lipinski definition) is 1. The maximum atomic E-state index is 6.01. The number of nitrogen functional groups attached to an aromatic ring is 1. The summed E-state index contributed by atoms with van der Waals surface area (Å²) in [4.78, 5) is 1.12. The number of anilines is 1. The lowest BCUT2D eigenvalue weighted by Crippen LogP contribution is -1.90. The molecule has 0 bridgehead atoms. The van der Waals surface area contributed by atoms with Gasteiger partial charge < -0.3 is 10.5 Å². The number of aryl methyl sites for hydroxylation is 1. The van der Waals surface area contributed by atoms with Gasteiger partial charge in [0.2, 0.25) is 0 Å². The fourth-order valence-electron chi connectivity index (χ4n) is 1.76. The van der Waals surface area contributed by atoms with E-state index < -0.39 is 0 Å². The first-order valence-corrected chi connectivity index (χ1v) is 7.69. The molecule has 0 aliphatic rings. The van der Waals surface area contributed by atoms with Gasteiger partial charge in [-0.2, -0.15) is 0 Å². The first kappa shape index (κ1) is 14.3. The van der Waals surface area contributed by atoms with E-state index >= 15 is 0 Å². The van der Waals surface area contributed by atoms with E-state index in [0.29, 0.717) is 0 Å². The van der Waals surface area contributed by atoms with Crippen molar-refractivity contribution in [3.05, 3.63) is 52.0 Å². The number of thioether (sulfide) groups is 1. The fourth-order valence-corrected chi connectivity index (χ4v) is 3.24. The zero-order valence-corrected chi connectivity index (χ0v) is 13.3. The van der Waals surface area contributed by atoms with Crippen molar-refractivity contribution in [3.63, 3.8) is 0 Å². The maximum Gasteiger partial charge on any atom is 0.133 e. The highest BCUT2D eigenvalue weighted by atomic mass is 79.9. The second-order valence-electron chi connectivity index (χ2n) is 4.30. The summed E-state index contributed by atoms with van der Waals surface area (Å²) in [5.41, 5.74) is 9.28. The molecule has 0 spiro atoms. The van der Waals surface area contributed by atoms with Crippen LogP contribution in [0.1, 0.15) is 11.1 Å². The standard InChI is InChI=1S/C15H16BrNOS/c1-10-3-6-15(13(17)7-10)19-9-11-4-5-14(18-2)12(16)8-11/h3-8H,9,17H2,1-2H3. The minimum atomic E-state index is 0.845. The number of methoxy groups -OCH3 is 1. The van der Waals surface area contributed by atoms with Crippen molar-refractivity contribution in [2.75, 3.05) is 12.8 Å². The van der Waals surface area contributed by atoms with Gasteiger partial charge in [-0.1, -0.05) is 12.1 Å². The van der Waals surface area contributed by atoms with Crippen LogP contribution in [0.3, 0.4) is 0 Å². The molecule has 0 aliphatic carbocycles. The van der Waals surface area contributed by atoms with Crippen LogP contribution in [-0.2, 0) is 5.75 Å². The number of benzene rings is 2. The van der Waals surface area contributed by atoms with Crippen LogP contribution in [0.4, 0.5) is 5.69 Å². The smallest absolute Gasteiger partial charge is 0.133 e. The van der Waals surface area contributed by atoms with Crippen molar-refractivity contribution in [1.29, 1.82) is 0 Å². The Morgan fingerprint density at radius 2 is 2.00 bits per heavy atom. The molecule has 0 aliphatic heterocycles. The zero-order chi connectivity index (χ0) is 13.8. The summed E-state index contributed by atoms with van der Waals surface area (Å²) < 4.78 is 6.20. The molecule has 2 aromatic carbocycles. The van der Waals surface area contributed by atoms with Crippen LogP contribution in [-0.4, -0.2) is 7.11 Å². The SMILES string of the molecule is COc1ccc(CSc2ccc(C)cc2N)cc1Br. The lowest BCUT2D eigenvalue weighted by atomic mass is 10.2. The van der Waals surface area contributed by atoms with Gasteiger partial charge in [0.25, 0.3) is 0 Å². The molecule has 0 saturated heterocycles. The predicted octanol–water partition coefficient (Wildman–Crippen LogP) is 4.64. The van der Waals surface area contributed by atoms with Gasteiger partial charge in [-0.15, -0.1) is 11.8 Å². The summed E-state index contributed by atoms with van der Waals surface area (Å²) in [5, 5.41) is 0. The van der Waals surface area contributed by atoms with Crippen LogP contribution in [0.25, 0.3) is 0 Å². The monoisotopic (exact) mass is 337 g/mol. The van der Waals surface area contributed by atoms with E-state index in [9.17, 15) is 0 Å². The number of rotatable bonds is 4. The van der Waals surface area contributed by atoms with E-state index in [4.69, 9.17) is 10.5 Å². The highest BCUT2D eigenvalue weighted by Crippen LogP contribution is 2.31. The third-order valence-corrected chi connectivity index (χ3v) is 4.56. The number of ether oxygens (including phenoxy) is 1. The van der Waals surface area contributed by atoms with Crippen molar-refractivity contribution in [2.24, 2.45) is 0 Å². The molecule has 2 nitrogen and oxygen atoms in total. The molecule has 0 atom stereocenters. The number of nitrogens with two attached hydrogens (primary N) is 1. The summed E-state index contributed by atoms with van der Waals surface area (Å²) in [5.74, 6) is 1.74. The van der Waals surface area contributed by atoms with Gasteiger partial charge in [0.05, 0.1) is 11.6 Å². The summed E-state index contributed by atoms with van der Waals surface area (Å²) in [6.07, 6.45) is 0. The van der Waals surface area contributed by atoms with E-state index in [1.807, 2.05) is 19.1 Å². The second kappa shape index (κ2) is 6.35. The summed E-state index contributed by atoms with van der Waals surface area (Å²) in [6, 6.07) is 12.3. The zero-order valence-electron chi connectivity index (χ0n) is 10.9. The van der Waals surface area contributed by atoms with E-state index in [1.54, 1.807) is 18.9 Å². The topological polar surface area (TPSA) is 35.2 Å². The van der Waals surface area contributed by atoms with Crippen LogP contribution in [0.15, 0.2) is 45.8 Å². The summed E-state index contributed by atoms with van der Waals surface area (Å²) >= 11 is 5.24. The average molecular weight is 338 g/mol. The van der Waals surface area contributed by atoms with E-state index in [1.165, 1.54) is 11.1 Å². The van der Waals surface area contributed by atoms with Crippen LogP contribution in [0.5, 0.6) is 5.75 Å². The molecule has 4 heteroatoms. The molecule has 2 aromatic rings. The molecular weight excluding hydrogens is 322 g/mol. The molecule has 100 valence electrons. The van der Waals surface area contributed by atoms with Crippen molar-refractivity contribution < 1.29 is 4.74 Å². The molecule has 0 amide bonds. The van der Waals surface area contributed by atoms with Crippen molar-refractivity contribution >= 4 is 33.4 Å². The molecule has 19 heavy (non-hydrogen) atoms. The maximum absolute atomic E-state index is 6.01. The average Bonchev–Trinajstić information content (AvgIpc) is 2.38.